The van der Waals surface area contributed by atoms with Crippen LogP contribution < -0.4 is 16.4 Å². The first kappa shape index (κ1) is 19.0. The maximum absolute atomic E-state index is 11.8. The van der Waals surface area contributed by atoms with E-state index in [2.05, 4.69) is 25.8 Å². The fourth-order valence-electron chi connectivity index (χ4n) is 3.59. The minimum Gasteiger partial charge on any atom is -0.446 e. The number of carbonyl (C=O) groups is 1. The molecule has 3 aromatic heterocycles. The Bertz CT molecular complexity index is 1080. The van der Waals surface area contributed by atoms with Crippen molar-refractivity contribution >= 4 is 28.8 Å². The normalized spacial score (nSPS) is 19.0. The average molecular weight is 400 g/mol. The van der Waals surface area contributed by atoms with Crippen LogP contribution in [0.3, 0.4) is 0 Å². The van der Waals surface area contributed by atoms with Gasteiger partial charge in [-0.3, -0.25) is 9.67 Å². The van der Waals surface area contributed by atoms with Crippen molar-refractivity contribution in [2.75, 3.05) is 5.32 Å². The molecular weight excluding hydrogens is 376 g/mol. The number of carbonyl (C=O) groups excluding carboxylic acids is 1. The van der Waals surface area contributed by atoms with Gasteiger partial charge in [-0.1, -0.05) is 0 Å². The van der Waals surface area contributed by atoms with E-state index in [4.69, 9.17) is 9.15 Å². The van der Waals surface area contributed by atoms with Crippen LogP contribution in [0, 0.1) is 0 Å². The third-order valence-corrected chi connectivity index (χ3v) is 5.00. The third kappa shape index (κ3) is 4.10. The van der Waals surface area contributed by atoms with E-state index in [9.17, 15) is 9.59 Å². The Morgan fingerprint density at radius 3 is 3.00 bits per heavy atom. The molecule has 154 valence electrons. The molecule has 0 saturated heterocycles. The average Bonchev–Trinajstić information content (AvgIpc) is 3.35. The summed E-state index contributed by atoms with van der Waals surface area (Å²) in [5.74, 6) is 0.441. The number of hydrogen-bond donors (Lipinski definition) is 3. The van der Waals surface area contributed by atoms with Gasteiger partial charge in [0.15, 0.2) is 17.0 Å². The molecule has 10 heteroatoms. The van der Waals surface area contributed by atoms with E-state index in [-0.39, 0.29) is 24.2 Å². The number of pyridine rings is 1. The highest BCUT2D eigenvalue weighted by atomic mass is 16.6. The van der Waals surface area contributed by atoms with Crippen LogP contribution in [-0.2, 0) is 11.8 Å². The predicted octanol–water partition coefficient (Wildman–Crippen LogP) is 2.76. The predicted molar refractivity (Wildman–Crippen MR) is 106 cm³/mol. The summed E-state index contributed by atoms with van der Waals surface area (Å²) in [7, 11) is 1.61. The van der Waals surface area contributed by atoms with Crippen molar-refractivity contribution in [1.82, 2.24) is 25.1 Å². The number of alkyl carbamates (subject to hydrolysis) is 1. The number of amides is 1. The van der Waals surface area contributed by atoms with Gasteiger partial charge >= 0.3 is 11.8 Å². The molecule has 1 aliphatic carbocycles. The van der Waals surface area contributed by atoms with Crippen molar-refractivity contribution in [2.24, 2.45) is 7.05 Å². The summed E-state index contributed by atoms with van der Waals surface area (Å²) in [4.78, 5) is 27.6. The molecule has 0 aromatic carbocycles. The van der Waals surface area contributed by atoms with Gasteiger partial charge in [-0.05, 0) is 33.1 Å². The zero-order valence-corrected chi connectivity index (χ0v) is 16.6. The summed E-state index contributed by atoms with van der Waals surface area (Å²) >= 11 is 0. The summed E-state index contributed by atoms with van der Waals surface area (Å²) in [6.07, 6.45) is 3.67. The van der Waals surface area contributed by atoms with E-state index in [0.717, 1.165) is 25.0 Å². The van der Waals surface area contributed by atoms with E-state index in [1.807, 2.05) is 19.9 Å². The highest BCUT2D eigenvalue weighted by Crippen LogP contribution is 2.36. The van der Waals surface area contributed by atoms with E-state index < -0.39 is 5.76 Å². The largest absolute Gasteiger partial charge is 0.446 e. The van der Waals surface area contributed by atoms with Gasteiger partial charge in [0.2, 0.25) is 0 Å². The first-order chi connectivity index (χ1) is 13.9. The Balaban J connectivity index is 1.39. The fourth-order valence-corrected chi connectivity index (χ4v) is 3.59. The van der Waals surface area contributed by atoms with Gasteiger partial charge in [0, 0.05) is 36.8 Å². The quantitative estimate of drug-likeness (QED) is 0.601. The van der Waals surface area contributed by atoms with E-state index >= 15 is 0 Å². The third-order valence-electron chi connectivity index (χ3n) is 5.00. The summed E-state index contributed by atoms with van der Waals surface area (Å²) in [6.45, 7) is 3.80. The molecule has 1 fully saturated rings. The maximum Gasteiger partial charge on any atom is 0.420 e. The van der Waals surface area contributed by atoms with Gasteiger partial charge in [-0.15, -0.1) is 0 Å². The van der Waals surface area contributed by atoms with Gasteiger partial charge in [0.05, 0.1) is 11.9 Å². The highest BCUT2D eigenvalue weighted by Gasteiger charge is 2.30. The number of fused-ring (bicyclic) bond motifs is 1. The minimum absolute atomic E-state index is 0.0542. The lowest BCUT2D eigenvalue weighted by Crippen LogP contribution is -2.33. The Labute approximate surface area is 166 Å². The van der Waals surface area contributed by atoms with E-state index in [1.54, 1.807) is 19.3 Å². The van der Waals surface area contributed by atoms with Crippen LogP contribution in [-0.4, -0.2) is 38.0 Å². The molecule has 3 heterocycles. The number of anilines is 2. The molecule has 10 nitrogen and oxygen atoms in total. The van der Waals surface area contributed by atoms with Crippen LogP contribution >= 0.6 is 0 Å². The van der Waals surface area contributed by atoms with Crippen molar-refractivity contribution in [3.05, 3.63) is 34.6 Å². The molecule has 0 spiro atoms. The second-order valence-corrected chi connectivity index (χ2v) is 7.64. The molecule has 0 bridgehead atoms. The first-order valence-corrected chi connectivity index (χ1v) is 9.64. The van der Waals surface area contributed by atoms with Crippen molar-refractivity contribution in [2.45, 2.75) is 51.2 Å². The molecule has 3 N–H and O–H groups in total. The van der Waals surface area contributed by atoms with Gasteiger partial charge in [0.25, 0.3) is 0 Å². The molecular formula is C19H24N6O4. The monoisotopic (exact) mass is 400 g/mol. The molecule has 2 atom stereocenters. The fraction of sp³-hybridized carbons (Fsp3) is 0.474. The van der Waals surface area contributed by atoms with Crippen LogP contribution in [0.1, 0.15) is 44.7 Å². The minimum atomic E-state index is -0.452. The number of nitrogens with zero attached hydrogens (tertiary/aromatic N) is 3. The maximum atomic E-state index is 11.8. The number of aromatic nitrogens is 4. The number of nitrogens with one attached hydrogen (secondary N) is 3. The number of ether oxygens (including phenoxy) is 1. The lowest BCUT2D eigenvalue weighted by atomic mass is 10.0. The van der Waals surface area contributed by atoms with Crippen molar-refractivity contribution in [1.29, 1.82) is 0 Å². The highest BCUT2D eigenvalue weighted by molar-refractivity contribution is 5.74. The Morgan fingerprint density at radius 2 is 2.21 bits per heavy atom. The van der Waals surface area contributed by atoms with Crippen LogP contribution in [0.2, 0.25) is 0 Å². The summed E-state index contributed by atoms with van der Waals surface area (Å²) in [5, 5.41) is 13.3. The van der Waals surface area contributed by atoms with Gasteiger partial charge in [-0.2, -0.15) is 5.10 Å². The lowest BCUT2D eigenvalue weighted by Gasteiger charge is -2.14. The zero-order valence-electron chi connectivity index (χ0n) is 16.6. The number of aromatic amines is 1. The molecule has 3 aromatic rings. The molecule has 1 aliphatic rings. The van der Waals surface area contributed by atoms with Crippen LogP contribution in [0.4, 0.5) is 16.3 Å². The number of H-pyrrole nitrogens is 1. The summed E-state index contributed by atoms with van der Waals surface area (Å²) in [6, 6.07) is 3.70. The molecule has 1 amide bonds. The SMILES string of the molecule is CC(C)NC(=O)O[C@@H]1CC[C@H](c2cc(Nc3cnc4c(c3)oc(=O)n4C)n[nH]2)C1. The second-order valence-electron chi connectivity index (χ2n) is 7.64. The number of hydrogen-bond acceptors (Lipinski definition) is 7. The van der Waals surface area contributed by atoms with Crippen molar-refractivity contribution in [3.8, 4) is 0 Å². The van der Waals surface area contributed by atoms with Gasteiger partial charge < -0.3 is 19.8 Å². The second kappa shape index (κ2) is 7.61. The first-order valence-electron chi connectivity index (χ1n) is 9.64. The van der Waals surface area contributed by atoms with Gasteiger partial charge in [0.1, 0.15) is 6.10 Å². The molecule has 1 saturated carbocycles. The Kier molecular flexibility index (Phi) is 4.99. The lowest BCUT2D eigenvalue weighted by molar-refractivity contribution is 0.0981. The zero-order chi connectivity index (χ0) is 20.5. The standard InChI is InChI=1S/C19H24N6O4/c1-10(2)21-18(26)28-13-5-4-11(6-13)14-8-16(24-23-14)22-12-7-15-17(20-9-12)25(3)19(27)29-15/h7-11,13H,4-6H2,1-3H3,(H,21,26)(H2,22,23,24)/t11-,13+/m0/s1. The smallest absolute Gasteiger partial charge is 0.420 e. The molecule has 29 heavy (non-hydrogen) atoms. The van der Waals surface area contributed by atoms with Crippen LogP contribution in [0.25, 0.3) is 11.2 Å². The Hall–Kier alpha value is -3.30. The van der Waals surface area contributed by atoms with Crippen molar-refractivity contribution in [3.63, 3.8) is 0 Å². The number of oxazole rings is 1. The topological polar surface area (TPSA) is 127 Å². The summed E-state index contributed by atoms with van der Waals surface area (Å²) < 4.78 is 12.0. The number of aryl methyl sites for hydroxylation is 1. The van der Waals surface area contributed by atoms with E-state index in [1.165, 1.54) is 4.57 Å². The van der Waals surface area contributed by atoms with Crippen LogP contribution in [0.5, 0.6) is 0 Å². The molecule has 0 unspecified atom stereocenters. The van der Waals surface area contributed by atoms with E-state index in [0.29, 0.717) is 22.7 Å². The van der Waals surface area contributed by atoms with Crippen LogP contribution in [0.15, 0.2) is 27.5 Å². The molecule has 0 radical (unpaired) electrons. The number of rotatable bonds is 5. The summed E-state index contributed by atoms with van der Waals surface area (Å²) in [5.41, 5.74) is 2.56. The van der Waals surface area contributed by atoms with Gasteiger partial charge in [-0.25, -0.2) is 14.6 Å². The Morgan fingerprint density at radius 1 is 1.38 bits per heavy atom. The molecule has 4 rings (SSSR count). The molecule has 0 aliphatic heterocycles. The van der Waals surface area contributed by atoms with Crippen molar-refractivity contribution < 1.29 is 13.9 Å².